The molecule has 0 spiro atoms. The Hall–Kier alpha value is -0.610. The van der Waals surface area contributed by atoms with Crippen molar-refractivity contribution in [3.05, 3.63) is 0 Å². The second-order valence-electron chi connectivity index (χ2n) is 1.30. The second-order valence-corrected chi connectivity index (χ2v) is 1.30. The Kier molecular flexibility index (Phi) is 13.6. The molecule has 0 saturated carbocycles. The smallest absolute Gasteiger partial charge is 0.339 e. The van der Waals surface area contributed by atoms with E-state index in [0.29, 0.717) is 6.61 Å². The number of carbonyl (C=O) groups is 1. The van der Waals surface area contributed by atoms with E-state index in [0.717, 1.165) is 0 Å². The van der Waals surface area contributed by atoms with Crippen LogP contribution in [0.15, 0.2) is 0 Å². The van der Waals surface area contributed by atoms with Crippen molar-refractivity contribution in [3.8, 4) is 0 Å². The van der Waals surface area contributed by atoms with Gasteiger partial charge in [-0.1, -0.05) is 0 Å². The van der Waals surface area contributed by atoms with Gasteiger partial charge in [0, 0.05) is 13.5 Å². The quantitative estimate of drug-likeness (QED) is 0.460. The van der Waals surface area contributed by atoms with Crippen molar-refractivity contribution >= 4 is 5.97 Å². The standard InChI is InChI=1S/C4H8O3.C2H6O/c1-3-6-7-4(2)5;1-2-3/h3H2,1-2H3;3H,2H2,1H3. The van der Waals surface area contributed by atoms with E-state index in [2.05, 4.69) is 9.78 Å². The van der Waals surface area contributed by atoms with Crippen molar-refractivity contribution in [3.63, 3.8) is 0 Å². The molecule has 10 heavy (non-hydrogen) atoms. The van der Waals surface area contributed by atoms with Crippen LogP contribution in [-0.2, 0) is 14.6 Å². The van der Waals surface area contributed by atoms with Gasteiger partial charge < -0.3 is 5.11 Å². The highest BCUT2D eigenvalue weighted by Gasteiger charge is 1.86. The number of aliphatic hydroxyl groups is 1. The molecule has 0 rings (SSSR count). The molecule has 0 aliphatic heterocycles. The number of carbonyl (C=O) groups excluding carboxylic acids is 1. The first-order valence-corrected chi connectivity index (χ1v) is 3.09. The van der Waals surface area contributed by atoms with Gasteiger partial charge in [-0.2, -0.15) is 4.89 Å². The number of hydrogen-bond acceptors (Lipinski definition) is 4. The third-order valence-corrected chi connectivity index (χ3v) is 0.294. The van der Waals surface area contributed by atoms with Crippen molar-refractivity contribution < 1.29 is 19.7 Å². The van der Waals surface area contributed by atoms with Gasteiger partial charge in [-0.25, -0.2) is 4.79 Å². The molecule has 1 N–H and O–H groups in total. The van der Waals surface area contributed by atoms with E-state index in [1.807, 2.05) is 0 Å². The first-order valence-electron chi connectivity index (χ1n) is 3.09. The molecule has 0 bridgehead atoms. The summed E-state index contributed by atoms with van der Waals surface area (Å²) in [6.07, 6.45) is 0. The Morgan fingerprint density at radius 2 is 1.90 bits per heavy atom. The lowest BCUT2D eigenvalue weighted by Crippen LogP contribution is -1.98. The van der Waals surface area contributed by atoms with Crippen LogP contribution in [0.1, 0.15) is 20.8 Å². The van der Waals surface area contributed by atoms with Crippen molar-refractivity contribution in [2.24, 2.45) is 0 Å². The Balaban J connectivity index is 0. The highest BCUT2D eigenvalue weighted by atomic mass is 17.2. The molecule has 0 saturated heterocycles. The van der Waals surface area contributed by atoms with Crippen LogP contribution < -0.4 is 0 Å². The SMILES string of the molecule is CCO.CCOOC(C)=O. The lowest BCUT2D eigenvalue weighted by atomic mass is 10.8. The summed E-state index contributed by atoms with van der Waals surface area (Å²) >= 11 is 0. The van der Waals surface area contributed by atoms with Gasteiger partial charge in [-0.05, 0) is 13.8 Å². The molecule has 0 fully saturated rings. The second kappa shape index (κ2) is 11.2. The Morgan fingerprint density at radius 3 is 2.00 bits per heavy atom. The zero-order valence-corrected chi connectivity index (χ0v) is 6.59. The average molecular weight is 150 g/mol. The van der Waals surface area contributed by atoms with Crippen LogP contribution in [0.4, 0.5) is 0 Å². The normalized spacial score (nSPS) is 7.60. The topological polar surface area (TPSA) is 55.8 Å². The molecule has 0 unspecified atom stereocenters. The van der Waals surface area contributed by atoms with E-state index in [4.69, 9.17) is 5.11 Å². The minimum absolute atomic E-state index is 0.250. The fraction of sp³-hybridized carbons (Fsp3) is 0.833. The maximum Gasteiger partial charge on any atom is 0.339 e. The highest BCUT2D eigenvalue weighted by molar-refractivity contribution is 5.65. The largest absolute Gasteiger partial charge is 0.397 e. The molecule has 0 atom stereocenters. The summed E-state index contributed by atoms with van der Waals surface area (Å²) in [4.78, 5) is 18.2. The highest BCUT2D eigenvalue weighted by Crippen LogP contribution is 1.75. The molecular formula is C6H14O4. The predicted molar refractivity (Wildman–Crippen MR) is 36.2 cm³/mol. The summed E-state index contributed by atoms with van der Waals surface area (Å²) in [6.45, 7) is 5.36. The molecule has 0 aliphatic rings. The number of hydrogen-bond donors (Lipinski definition) is 1. The summed E-state index contributed by atoms with van der Waals surface area (Å²) in [5.41, 5.74) is 0. The van der Waals surface area contributed by atoms with Crippen LogP contribution in [0.2, 0.25) is 0 Å². The molecule has 0 aromatic carbocycles. The first-order chi connectivity index (χ1) is 4.68. The molecular weight excluding hydrogens is 136 g/mol. The molecule has 0 aromatic rings. The molecule has 0 radical (unpaired) electrons. The van der Waals surface area contributed by atoms with Crippen LogP contribution >= 0.6 is 0 Å². The minimum atomic E-state index is -0.415. The van der Waals surface area contributed by atoms with Crippen LogP contribution in [0, 0.1) is 0 Å². The number of aliphatic hydroxyl groups excluding tert-OH is 1. The van der Waals surface area contributed by atoms with Crippen molar-refractivity contribution in [1.82, 2.24) is 0 Å². The molecule has 4 nitrogen and oxygen atoms in total. The van der Waals surface area contributed by atoms with Gasteiger partial charge in [0.1, 0.15) is 0 Å². The third-order valence-electron chi connectivity index (χ3n) is 0.294. The van der Waals surface area contributed by atoms with Gasteiger partial charge in [0.15, 0.2) is 0 Å². The van der Waals surface area contributed by atoms with E-state index in [1.54, 1.807) is 13.8 Å². The number of rotatable bonds is 2. The lowest BCUT2D eigenvalue weighted by molar-refractivity contribution is -0.267. The molecule has 0 aliphatic carbocycles. The fourth-order valence-electron chi connectivity index (χ4n) is 0.142. The van der Waals surface area contributed by atoms with E-state index in [-0.39, 0.29) is 6.61 Å². The molecule has 62 valence electrons. The van der Waals surface area contributed by atoms with Crippen LogP contribution in [-0.4, -0.2) is 24.3 Å². The molecule has 0 amide bonds. The Morgan fingerprint density at radius 1 is 1.50 bits per heavy atom. The zero-order valence-electron chi connectivity index (χ0n) is 6.59. The van der Waals surface area contributed by atoms with Crippen molar-refractivity contribution in [2.75, 3.05) is 13.2 Å². The predicted octanol–water partition coefficient (Wildman–Crippen LogP) is 0.500. The average Bonchev–Trinajstić information content (AvgIpc) is 1.85. The van der Waals surface area contributed by atoms with Crippen molar-refractivity contribution in [2.45, 2.75) is 20.8 Å². The van der Waals surface area contributed by atoms with Gasteiger partial charge in [0.05, 0.1) is 6.61 Å². The Labute approximate surface area is 60.7 Å². The Bertz CT molecular complexity index is 72.1. The lowest BCUT2D eigenvalue weighted by Gasteiger charge is -1.92. The van der Waals surface area contributed by atoms with Crippen molar-refractivity contribution in [1.29, 1.82) is 0 Å². The van der Waals surface area contributed by atoms with E-state index in [1.165, 1.54) is 6.92 Å². The molecule has 0 heterocycles. The molecule has 4 heteroatoms. The summed E-state index contributed by atoms with van der Waals surface area (Å²) < 4.78 is 0. The minimum Gasteiger partial charge on any atom is -0.397 e. The van der Waals surface area contributed by atoms with Gasteiger partial charge in [0.25, 0.3) is 0 Å². The summed E-state index contributed by atoms with van der Waals surface area (Å²) in [6, 6.07) is 0. The van der Waals surface area contributed by atoms with Crippen LogP contribution in [0.25, 0.3) is 0 Å². The summed E-state index contributed by atoms with van der Waals surface area (Å²) in [5.74, 6) is -0.415. The van der Waals surface area contributed by atoms with E-state index >= 15 is 0 Å². The third kappa shape index (κ3) is 26.3. The van der Waals surface area contributed by atoms with E-state index < -0.39 is 5.97 Å². The van der Waals surface area contributed by atoms with Crippen LogP contribution in [0.3, 0.4) is 0 Å². The summed E-state index contributed by atoms with van der Waals surface area (Å²) in [5, 5.41) is 7.57. The van der Waals surface area contributed by atoms with E-state index in [9.17, 15) is 4.79 Å². The zero-order chi connectivity index (χ0) is 8.41. The summed E-state index contributed by atoms with van der Waals surface area (Å²) in [7, 11) is 0. The van der Waals surface area contributed by atoms with Gasteiger partial charge in [-0.15, -0.1) is 0 Å². The molecule has 0 aromatic heterocycles. The van der Waals surface area contributed by atoms with Crippen LogP contribution in [0.5, 0.6) is 0 Å². The first kappa shape index (κ1) is 12.1. The monoisotopic (exact) mass is 150 g/mol. The maximum absolute atomic E-state index is 9.86. The van der Waals surface area contributed by atoms with Gasteiger partial charge >= 0.3 is 5.97 Å². The fourth-order valence-corrected chi connectivity index (χ4v) is 0.142. The maximum atomic E-state index is 9.86. The van der Waals surface area contributed by atoms with Gasteiger partial charge in [-0.3, -0.25) is 4.89 Å². The van der Waals surface area contributed by atoms with Gasteiger partial charge in [0.2, 0.25) is 0 Å².